The van der Waals surface area contributed by atoms with Crippen LogP contribution in [0.1, 0.15) is 0 Å². The van der Waals surface area contributed by atoms with Gasteiger partial charge < -0.3 is 0 Å². The molecule has 2 N–H and O–H groups in total. The number of carbonyl (C=O) groups is 1. The van der Waals surface area contributed by atoms with Gasteiger partial charge in [-0.15, -0.1) is 5.10 Å². The lowest BCUT2D eigenvalue weighted by atomic mass is 10.3. The Balaban J connectivity index is 1.77. The van der Waals surface area contributed by atoms with Crippen molar-refractivity contribution in [2.24, 2.45) is 0 Å². The van der Waals surface area contributed by atoms with Crippen molar-refractivity contribution in [2.75, 3.05) is 5.43 Å². The summed E-state index contributed by atoms with van der Waals surface area (Å²) in [5, 5.41) is 7.74. The van der Waals surface area contributed by atoms with Gasteiger partial charge in [0, 0.05) is 0 Å². The summed E-state index contributed by atoms with van der Waals surface area (Å²) in [6.07, 6.45) is 0. The second-order valence-corrected chi connectivity index (χ2v) is 3.91. The van der Waals surface area contributed by atoms with Crippen LogP contribution in [0.3, 0.4) is 0 Å². The Hall–Kier alpha value is -2.89. The average Bonchev–Trinajstić information content (AvgIpc) is 2.90. The molecule has 6 heteroatoms. The maximum absolute atomic E-state index is 12.0. The molecule has 19 heavy (non-hydrogen) atoms. The first-order valence-electron chi connectivity index (χ1n) is 5.76. The molecule has 0 aliphatic heterocycles. The quantitative estimate of drug-likeness (QED) is 0.685. The molecule has 1 aromatic heterocycles. The zero-order valence-corrected chi connectivity index (χ0v) is 9.95. The number of anilines is 1. The van der Waals surface area contributed by atoms with E-state index in [1.807, 2.05) is 42.5 Å². The second-order valence-electron chi connectivity index (χ2n) is 3.91. The van der Waals surface area contributed by atoms with Gasteiger partial charge in [0.2, 0.25) is 0 Å². The molecule has 0 bridgehead atoms. The van der Waals surface area contributed by atoms with Gasteiger partial charge >= 0.3 is 6.03 Å². The van der Waals surface area contributed by atoms with Crippen LogP contribution in [-0.2, 0) is 0 Å². The highest BCUT2D eigenvalue weighted by Gasteiger charge is 2.10. The minimum absolute atomic E-state index is 0.391. The summed E-state index contributed by atoms with van der Waals surface area (Å²) in [4.78, 5) is 12.0. The highest BCUT2D eigenvalue weighted by molar-refractivity contribution is 5.88. The highest BCUT2D eigenvalue weighted by atomic mass is 16.2. The third-order valence-electron chi connectivity index (χ3n) is 2.63. The number of fused-ring (bicyclic) bond motifs is 1. The standard InChI is InChI=1S/C13H11N5O/c19-13(16-14-10-6-2-1-3-7-10)18-12-9-5-4-8-11(12)15-17-18/h1-9,14H,(H,16,19). The first-order chi connectivity index (χ1) is 9.34. The molecule has 0 radical (unpaired) electrons. The van der Waals surface area contributed by atoms with E-state index in [9.17, 15) is 4.79 Å². The molecular formula is C13H11N5O. The van der Waals surface area contributed by atoms with Crippen molar-refractivity contribution in [1.82, 2.24) is 20.4 Å². The molecule has 1 heterocycles. The first kappa shape index (κ1) is 11.2. The smallest absolute Gasteiger partial charge is 0.297 e. The van der Waals surface area contributed by atoms with Crippen LogP contribution >= 0.6 is 0 Å². The van der Waals surface area contributed by atoms with E-state index in [1.165, 1.54) is 4.68 Å². The van der Waals surface area contributed by atoms with Gasteiger partial charge in [-0.3, -0.25) is 5.43 Å². The fourth-order valence-electron chi connectivity index (χ4n) is 1.72. The van der Waals surface area contributed by atoms with Crippen LogP contribution in [0.15, 0.2) is 54.6 Å². The van der Waals surface area contributed by atoms with E-state index in [0.717, 1.165) is 5.69 Å². The maximum atomic E-state index is 12.0. The van der Waals surface area contributed by atoms with Crippen molar-refractivity contribution in [2.45, 2.75) is 0 Å². The van der Waals surface area contributed by atoms with E-state index in [-0.39, 0.29) is 0 Å². The predicted molar refractivity (Wildman–Crippen MR) is 71.5 cm³/mol. The molecule has 94 valence electrons. The van der Waals surface area contributed by atoms with Crippen LogP contribution < -0.4 is 10.9 Å². The van der Waals surface area contributed by atoms with Crippen molar-refractivity contribution in [3.63, 3.8) is 0 Å². The van der Waals surface area contributed by atoms with Gasteiger partial charge in [-0.05, 0) is 24.3 Å². The Bertz CT molecular complexity index is 707. The number of para-hydroxylation sites is 2. The highest BCUT2D eigenvalue weighted by Crippen LogP contribution is 2.09. The number of carbonyl (C=O) groups excluding carboxylic acids is 1. The zero-order chi connectivity index (χ0) is 13.1. The van der Waals surface area contributed by atoms with Crippen LogP contribution in [-0.4, -0.2) is 21.0 Å². The van der Waals surface area contributed by atoms with Crippen molar-refractivity contribution < 1.29 is 4.79 Å². The molecule has 0 atom stereocenters. The van der Waals surface area contributed by atoms with Crippen LogP contribution in [0.5, 0.6) is 0 Å². The molecule has 3 aromatic rings. The normalized spacial score (nSPS) is 10.3. The van der Waals surface area contributed by atoms with Gasteiger partial charge in [-0.2, -0.15) is 4.68 Å². The zero-order valence-electron chi connectivity index (χ0n) is 9.95. The van der Waals surface area contributed by atoms with Crippen molar-refractivity contribution in [3.05, 3.63) is 54.6 Å². The second kappa shape index (κ2) is 4.77. The Morgan fingerprint density at radius 2 is 1.74 bits per heavy atom. The van der Waals surface area contributed by atoms with Crippen molar-refractivity contribution in [1.29, 1.82) is 0 Å². The lowest BCUT2D eigenvalue weighted by molar-refractivity contribution is 0.242. The molecule has 3 rings (SSSR count). The van der Waals surface area contributed by atoms with Crippen LogP contribution in [0.2, 0.25) is 0 Å². The number of amides is 1. The monoisotopic (exact) mass is 253 g/mol. The number of hydrazine groups is 1. The summed E-state index contributed by atoms with van der Waals surface area (Å²) in [5.74, 6) is 0. The summed E-state index contributed by atoms with van der Waals surface area (Å²) in [6, 6.07) is 16.2. The fourth-order valence-corrected chi connectivity index (χ4v) is 1.72. The van der Waals surface area contributed by atoms with Gasteiger partial charge in [0.15, 0.2) is 0 Å². The van der Waals surface area contributed by atoms with E-state index in [0.29, 0.717) is 11.0 Å². The topological polar surface area (TPSA) is 71.8 Å². The summed E-state index contributed by atoms with van der Waals surface area (Å²) < 4.78 is 1.21. The Labute approximate surface area is 109 Å². The summed E-state index contributed by atoms with van der Waals surface area (Å²) in [5.41, 5.74) is 7.51. The van der Waals surface area contributed by atoms with Gasteiger partial charge in [0.05, 0.1) is 11.2 Å². The maximum Gasteiger partial charge on any atom is 0.362 e. The van der Waals surface area contributed by atoms with Gasteiger partial charge in [0.1, 0.15) is 5.52 Å². The largest absolute Gasteiger partial charge is 0.362 e. The Morgan fingerprint density at radius 3 is 2.58 bits per heavy atom. The SMILES string of the molecule is O=C(NNc1ccccc1)n1nnc2ccccc21. The van der Waals surface area contributed by atoms with E-state index >= 15 is 0 Å². The summed E-state index contributed by atoms with van der Waals surface area (Å²) in [7, 11) is 0. The van der Waals surface area contributed by atoms with E-state index < -0.39 is 6.03 Å². The molecule has 0 aliphatic rings. The molecule has 0 fully saturated rings. The van der Waals surface area contributed by atoms with Gasteiger partial charge in [-0.1, -0.05) is 35.5 Å². The molecule has 0 aliphatic carbocycles. The number of rotatable bonds is 2. The van der Waals surface area contributed by atoms with E-state index in [1.54, 1.807) is 12.1 Å². The van der Waals surface area contributed by atoms with E-state index in [4.69, 9.17) is 0 Å². The lowest BCUT2D eigenvalue weighted by Gasteiger charge is -2.07. The van der Waals surface area contributed by atoms with Crippen LogP contribution in [0.4, 0.5) is 10.5 Å². The first-order valence-corrected chi connectivity index (χ1v) is 5.76. The minimum atomic E-state index is -0.391. The number of hydrogen-bond acceptors (Lipinski definition) is 4. The van der Waals surface area contributed by atoms with Gasteiger partial charge in [-0.25, -0.2) is 10.2 Å². The Morgan fingerprint density at radius 1 is 1.00 bits per heavy atom. The molecule has 0 unspecified atom stereocenters. The van der Waals surface area contributed by atoms with Crippen LogP contribution in [0.25, 0.3) is 11.0 Å². The molecule has 0 spiro atoms. The number of hydrogen-bond donors (Lipinski definition) is 2. The number of nitrogens with zero attached hydrogens (tertiary/aromatic N) is 3. The molecule has 6 nitrogen and oxygen atoms in total. The predicted octanol–water partition coefficient (Wildman–Crippen LogP) is 2.02. The third-order valence-corrected chi connectivity index (χ3v) is 2.63. The Kier molecular flexibility index (Phi) is 2.82. The molecule has 0 saturated carbocycles. The summed E-state index contributed by atoms with van der Waals surface area (Å²) >= 11 is 0. The average molecular weight is 253 g/mol. The molecule has 0 saturated heterocycles. The molecule has 2 aromatic carbocycles. The number of nitrogens with one attached hydrogen (secondary N) is 2. The van der Waals surface area contributed by atoms with Crippen LogP contribution in [0, 0.1) is 0 Å². The summed E-state index contributed by atoms with van der Waals surface area (Å²) in [6.45, 7) is 0. The lowest BCUT2D eigenvalue weighted by Crippen LogP contribution is -2.34. The number of benzene rings is 2. The van der Waals surface area contributed by atoms with Crippen molar-refractivity contribution >= 4 is 22.8 Å². The molecular weight excluding hydrogens is 242 g/mol. The molecule has 1 amide bonds. The van der Waals surface area contributed by atoms with Gasteiger partial charge in [0.25, 0.3) is 0 Å². The van der Waals surface area contributed by atoms with E-state index in [2.05, 4.69) is 21.2 Å². The third kappa shape index (κ3) is 2.23. The fraction of sp³-hybridized carbons (Fsp3) is 0. The number of aromatic nitrogens is 3. The van der Waals surface area contributed by atoms with Crippen molar-refractivity contribution in [3.8, 4) is 0 Å². The minimum Gasteiger partial charge on any atom is -0.297 e.